The summed E-state index contributed by atoms with van der Waals surface area (Å²) in [6.07, 6.45) is 0.150. The van der Waals surface area contributed by atoms with E-state index in [0.29, 0.717) is 12.8 Å². The number of aromatic nitrogens is 3. The first-order valence-corrected chi connectivity index (χ1v) is 14.5. The highest BCUT2D eigenvalue weighted by Gasteiger charge is 2.63. The zero-order valence-corrected chi connectivity index (χ0v) is 23.9. The van der Waals surface area contributed by atoms with Gasteiger partial charge in [-0.3, -0.25) is 24.0 Å². The lowest BCUT2D eigenvalue weighted by atomic mass is 9.57. The average molecular weight is 611 g/mol. The van der Waals surface area contributed by atoms with E-state index in [-0.39, 0.29) is 60.8 Å². The van der Waals surface area contributed by atoms with Crippen molar-refractivity contribution in [2.24, 2.45) is 22.7 Å². The SMILES string of the molecule is CC1(C)[C@@H]2C[C@H](N(CC(=O)c3c(F)cncc3Cl)C(=O)c3cnn(C45CCC(C(=O)O)(CC4)CC5)c3C(F)(F)F)C[C@@H]21. The molecule has 7 rings (SSSR count). The van der Waals surface area contributed by atoms with Crippen molar-refractivity contribution in [2.75, 3.05) is 6.54 Å². The molecule has 2 aromatic rings. The number of carbonyl (C=O) groups is 3. The molecule has 1 amide bonds. The first kappa shape index (κ1) is 29.1. The first-order valence-electron chi connectivity index (χ1n) is 14.1. The molecule has 226 valence electrons. The van der Waals surface area contributed by atoms with Crippen LogP contribution in [0.5, 0.6) is 0 Å². The molecule has 42 heavy (non-hydrogen) atoms. The average Bonchev–Trinajstić information content (AvgIpc) is 3.37. The fourth-order valence-electron chi connectivity index (χ4n) is 8.11. The number of ketones is 1. The minimum atomic E-state index is -4.95. The van der Waals surface area contributed by atoms with Crippen LogP contribution in [0.3, 0.4) is 0 Å². The van der Waals surface area contributed by atoms with Gasteiger partial charge in [-0.15, -0.1) is 0 Å². The molecule has 0 spiro atoms. The number of hydrogen-bond donors (Lipinski definition) is 1. The van der Waals surface area contributed by atoms with Crippen LogP contribution >= 0.6 is 11.6 Å². The lowest BCUT2D eigenvalue weighted by Crippen LogP contribution is -2.52. The number of amides is 1. The molecular formula is C29H31ClF4N4O4. The van der Waals surface area contributed by atoms with Crippen molar-refractivity contribution in [3.8, 4) is 0 Å². The van der Waals surface area contributed by atoms with Gasteiger partial charge in [0.25, 0.3) is 5.91 Å². The Morgan fingerprint density at radius 2 is 1.64 bits per heavy atom. The van der Waals surface area contributed by atoms with Gasteiger partial charge in [-0.1, -0.05) is 25.4 Å². The standard InChI is InChI=1S/C29H31ClF4N4O4/c1-26(2)17-9-15(10-18(17)26)37(14-21(39)22-19(30)12-35-13-20(22)31)24(40)16-11-36-38(23(16)29(32,33)34)28-6-3-27(4-7-28,5-8-28)25(41)42/h11-13,15,17-18H,3-10,14H2,1-2H3,(H,41,42)/t15-,17+,18-,27?,28?. The molecule has 0 aromatic carbocycles. The van der Waals surface area contributed by atoms with E-state index in [9.17, 15) is 37.1 Å². The summed E-state index contributed by atoms with van der Waals surface area (Å²) in [4.78, 5) is 44.0. The lowest BCUT2D eigenvalue weighted by molar-refractivity contribution is -0.163. The molecule has 0 saturated heterocycles. The van der Waals surface area contributed by atoms with Crippen molar-refractivity contribution in [3.63, 3.8) is 0 Å². The van der Waals surface area contributed by atoms with Crippen LogP contribution in [0.4, 0.5) is 17.6 Å². The molecule has 5 saturated carbocycles. The van der Waals surface area contributed by atoms with Gasteiger partial charge in [0.1, 0.15) is 0 Å². The number of alkyl halides is 3. The zero-order chi connectivity index (χ0) is 30.4. The van der Waals surface area contributed by atoms with E-state index >= 15 is 0 Å². The van der Waals surface area contributed by atoms with Gasteiger partial charge in [0.05, 0.1) is 46.0 Å². The Kier molecular flexibility index (Phi) is 6.57. The molecule has 0 unspecified atom stereocenters. The Hall–Kier alpha value is -3.02. The molecule has 8 nitrogen and oxygen atoms in total. The molecule has 2 aromatic heterocycles. The largest absolute Gasteiger partial charge is 0.481 e. The quantitative estimate of drug-likeness (QED) is 0.305. The third-order valence-electron chi connectivity index (χ3n) is 10.9. The minimum absolute atomic E-state index is 0.0457. The Labute approximate surface area is 244 Å². The van der Waals surface area contributed by atoms with Crippen molar-refractivity contribution >= 4 is 29.3 Å². The van der Waals surface area contributed by atoms with Crippen molar-refractivity contribution in [1.82, 2.24) is 19.7 Å². The molecule has 5 aliphatic carbocycles. The molecule has 0 aliphatic heterocycles. The summed E-state index contributed by atoms with van der Waals surface area (Å²) >= 11 is 6.04. The monoisotopic (exact) mass is 610 g/mol. The lowest BCUT2D eigenvalue weighted by Gasteiger charge is -2.51. The number of aliphatic carboxylic acids is 1. The van der Waals surface area contributed by atoms with Crippen molar-refractivity contribution < 1.29 is 37.1 Å². The Morgan fingerprint density at radius 1 is 1.05 bits per heavy atom. The number of carboxylic acids is 1. The molecular weight excluding hydrogens is 580 g/mol. The molecule has 5 fully saturated rings. The number of pyridine rings is 1. The number of halogens is 5. The summed E-state index contributed by atoms with van der Waals surface area (Å²) in [5.74, 6) is -3.23. The highest BCUT2D eigenvalue weighted by molar-refractivity contribution is 6.34. The first-order chi connectivity index (χ1) is 19.6. The van der Waals surface area contributed by atoms with Gasteiger partial charge in [0, 0.05) is 12.2 Å². The van der Waals surface area contributed by atoms with E-state index in [2.05, 4.69) is 23.9 Å². The number of fused-ring (bicyclic) bond motifs is 4. The predicted molar refractivity (Wildman–Crippen MR) is 141 cm³/mol. The number of carboxylic acid groups (broad SMARTS) is 1. The second kappa shape index (κ2) is 9.49. The summed E-state index contributed by atoms with van der Waals surface area (Å²) in [5, 5.41) is 13.6. The van der Waals surface area contributed by atoms with Crippen molar-refractivity contribution in [1.29, 1.82) is 0 Å². The van der Waals surface area contributed by atoms with Gasteiger partial charge in [0.15, 0.2) is 17.3 Å². The van der Waals surface area contributed by atoms with Crippen molar-refractivity contribution in [3.05, 3.63) is 46.3 Å². The van der Waals surface area contributed by atoms with E-state index in [1.807, 2.05) is 0 Å². The number of Topliss-reactive ketones (excluding diaryl/α,β-unsaturated/α-hetero) is 1. The Balaban J connectivity index is 1.36. The highest BCUT2D eigenvalue weighted by Crippen LogP contribution is 2.67. The van der Waals surface area contributed by atoms with Crippen LogP contribution < -0.4 is 0 Å². The second-order valence-corrected chi connectivity index (χ2v) is 13.5. The maximum Gasteiger partial charge on any atom is 0.433 e. The number of carbonyl (C=O) groups excluding carboxylic acids is 2. The predicted octanol–water partition coefficient (Wildman–Crippen LogP) is 5.98. The summed E-state index contributed by atoms with van der Waals surface area (Å²) in [6.45, 7) is 3.54. The zero-order valence-electron chi connectivity index (χ0n) is 23.2. The minimum Gasteiger partial charge on any atom is -0.481 e. The summed E-state index contributed by atoms with van der Waals surface area (Å²) in [7, 11) is 0. The van der Waals surface area contributed by atoms with E-state index < -0.39 is 70.0 Å². The van der Waals surface area contributed by atoms with Gasteiger partial charge in [-0.05, 0) is 68.6 Å². The maximum atomic E-state index is 14.8. The van der Waals surface area contributed by atoms with Crippen LogP contribution in [0.1, 0.15) is 91.6 Å². The Bertz CT molecular complexity index is 1430. The van der Waals surface area contributed by atoms with E-state index in [0.717, 1.165) is 28.2 Å². The molecule has 1 N–H and O–H groups in total. The van der Waals surface area contributed by atoms with Crippen LogP contribution in [0.25, 0.3) is 0 Å². The third-order valence-corrected chi connectivity index (χ3v) is 11.2. The number of rotatable bonds is 7. The molecule has 13 heteroatoms. The molecule has 0 radical (unpaired) electrons. The van der Waals surface area contributed by atoms with E-state index in [1.54, 1.807) is 0 Å². The fourth-order valence-corrected chi connectivity index (χ4v) is 8.36. The highest BCUT2D eigenvalue weighted by atomic mass is 35.5. The third kappa shape index (κ3) is 4.34. The van der Waals surface area contributed by atoms with Crippen LogP contribution in [-0.4, -0.2) is 55.0 Å². The summed E-state index contributed by atoms with van der Waals surface area (Å²) in [6, 6.07) is -0.517. The summed E-state index contributed by atoms with van der Waals surface area (Å²) < 4.78 is 59.7. The normalized spacial score (nSPS) is 31.1. The molecule has 2 heterocycles. The topological polar surface area (TPSA) is 105 Å². The van der Waals surface area contributed by atoms with Gasteiger partial charge in [-0.25, -0.2) is 4.39 Å². The van der Waals surface area contributed by atoms with Crippen LogP contribution in [0.15, 0.2) is 18.6 Å². The van der Waals surface area contributed by atoms with Crippen LogP contribution in [0.2, 0.25) is 5.02 Å². The van der Waals surface area contributed by atoms with E-state index in [1.165, 1.54) is 0 Å². The number of nitrogens with zero attached hydrogens (tertiary/aromatic N) is 4. The smallest absolute Gasteiger partial charge is 0.433 e. The van der Waals surface area contributed by atoms with Gasteiger partial charge < -0.3 is 10.0 Å². The molecule has 2 bridgehead atoms. The Morgan fingerprint density at radius 3 is 2.17 bits per heavy atom. The maximum absolute atomic E-state index is 14.8. The van der Waals surface area contributed by atoms with E-state index in [4.69, 9.17) is 11.6 Å². The van der Waals surface area contributed by atoms with Gasteiger partial charge >= 0.3 is 12.1 Å². The van der Waals surface area contributed by atoms with Crippen molar-refractivity contribution in [2.45, 2.75) is 83.0 Å². The number of hydrogen-bond acceptors (Lipinski definition) is 5. The summed E-state index contributed by atoms with van der Waals surface area (Å²) in [5.41, 5.74) is -4.30. The molecule has 3 atom stereocenters. The van der Waals surface area contributed by atoms with Gasteiger partial charge in [0.2, 0.25) is 0 Å². The molecule has 5 aliphatic rings. The second-order valence-electron chi connectivity index (χ2n) is 13.1. The fraction of sp³-hybridized carbons (Fsp3) is 0.621. The van der Waals surface area contributed by atoms with Crippen LogP contribution in [0, 0.1) is 28.5 Å². The van der Waals surface area contributed by atoms with Gasteiger partial charge in [-0.2, -0.15) is 18.3 Å². The van der Waals surface area contributed by atoms with Crippen LogP contribution in [-0.2, 0) is 16.5 Å².